The predicted molar refractivity (Wildman–Crippen MR) is 254 cm³/mol. The Morgan fingerprint density at radius 1 is 0.333 bits per heavy atom. The fourth-order valence-corrected chi connectivity index (χ4v) is 10.9. The largest absolute Gasteiger partial charge is 0.455 e. The van der Waals surface area contributed by atoms with Gasteiger partial charge in [-0.3, -0.25) is 4.57 Å². The van der Waals surface area contributed by atoms with Crippen LogP contribution < -0.4 is 0 Å². The zero-order chi connectivity index (χ0) is 41.2. The monoisotopic (exact) mass is 802 g/mol. The van der Waals surface area contributed by atoms with Crippen molar-refractivity contribution in [3.8, 4) is 62.1 Å². The Morgan fingerprint density at radius 3 is 1.54 bits per heavy atom. The van der Waals surface area contributed by atoms with Crippen LogP contribution in [0.5, 0.6) is 0 Å². The normalized spacial score (nSPS) is 13.2. The topological polar surface area (TPSA) is 56.7 Å². The number of benzene rings is 9. The Hall–Kier alpha value is -8.41. The van der Waals surface area contributed by atoms with Gasteiger partial charge in [0.2, 0.25) is 5.95 Å². The standard InChI is InChI=1S/C58H34N4O/c1-2-15-35(16-3-1)36-29-31-37(32-30-36)55-59-56(61-57(60-55)62-50-27-12-7-19-40(50)41-20-8-13-28-51(41)62)45-23-14-22-42-43-33-34-49-52(54(43)63-53(42)45)44-21-6-11-26-48(44)58(49)46-24-9-4-17-38(46)39-18-5-10-25-47(39)58/h1-34H. The second-order valence-electron chi connectivity index (χ2n) is 16.6. The maximum atomic E-state index is 7.29. The SMILES string of the molecule is c1ccc(-c2ccc(-c3nc(-c4cccc5c4oc4c6c(ccc45)C4(c5ccccc5-c5ccccc54)c4ccccc4-6)nc(-n4c5ccccc5c5ccccc54)n3)cc2)cc1. The van der Waals surface area contributed by atoms with Gasteiger partial charge in [-0.25, -0.2) is 4.98 Å². The van der Waals surface area contributed by atoms with Gasteiger partial charge in [0.25, 0.3) is 0 Å². The maximum absolute atomic E-state index is 7.29. The Bertz CT molecular complexity index is 3760. The third-order valence-corrected chi connectivity index (χ3v) is 13.5. The zero-order valence-electron chi connectivity index (χ0n) is 33.8. The van der Waals surface area contributed by atoms with Gasteiger partial charge >= 0.3 is 0 Å². The van der Waals surface area contributed by atoms with Crippen LogP contribution in [0.4, 0.5) is 0 Å². The summed E-state index contributed by atoms with van der Waals surface area (Å²) in [5, 5.41) is 4.36. The lowest BCUT2D eigenvalue weighted by Crippen LogP contribution is -2.25. The van der Waals surface area contributed by atoms with E-state index in [1.807, 2.05) is 6.07 Å². The number of rotatable bonds is 4. The van der Waals surface area contributed by atoms with Gasteiger partial charge in [0, 0.05) is 32.7 Å². The van der Waals surface area contributed by atoms with Gasteiger partial charge in [0.05, 0.1) is 22.0 Å². The van der Waals surface area contributed by atoms with Gasteiger partial charge in [0.15, 0.2) is 11.6 Å². The molecule has 0 aliphatic heterocycles. The van der Waals surface area contributed by atoms with Crippen LogP contribution in [0.1, 0.15) is 22.3 Å². The first-order valence-corrected chi connectivity index (χ1v) is 21.4. The van der Waals surface area contributed by atoms with Crippen LogP contribution in [-0.2, 0) is 5.41 Å². The molecular weight excluding hydrogens is 769 g/mol. The third kappa shape index (κ3) is 4.63. The summed E-state index contributed by atoms with van der Waals surface area (Å²) < 4.78 is 9.45. The number of nitrogens with zero attached hydrogens (tertiary/aromatic N) is 4. The summed E-state index contributed by atoms with van der Waals surface area (Å²) in [5.41, 5.74) is 17.2. The average Bonchev–Trinajstić information content (AvgIpc) is 4.08. The molecule has 0 unspecified atom stereocenters. The second kappa shape index (κ2) is 12.8. The molecule has 0 atom stereocenters. The molecule has 0 saturated heterocycles. The number of hydrogen-bond acceptors (Lipinski definition) is 4. The molecule has 0 fully saturated rings. The fraction of sp³-hybridized carbons (Fsp3) is 0.0172. The van der Waals surface area contributed by atoms with Crippen LogP contribution in [0.15, 0.2) is 211 Å². The highest BCUT2D eigenvalue weighted by atomic mass is 16.3. The molecule has 0 saturated carbocycles. The minimum atomic E-state index is -0.467. The molecular formula is C58H34N4O. The first-order valence-electron chi connectivity index (χ1n) is 21.4. The van der Waals surface area contributed by atoms with Crippen LogP contribution in [0.3, 0.4) is 0 Å². The highest BCUT2D eigenvalue weighted by Gasteiger charge is 2.52. The molecule has 0 amide bonds. The van der Waals surface area contributed by atoms with E-state index >= 15 is 0 Å². The molecule has 2 aliphatic carbocycles. The summed E-state index contributed by atoms with van der Waals surface area (Å²) in [6, 6.07) is 73.5. The van der Waals surface area contributed by atoms with E-state index in [1.54, 1.807) is 0 Å². The molecule has 3 heterocycles. The van der Waals surface area contributed by atoms with Gasteiger partial charge in [-0.05, 0) is 68.3 Å². The number of hydrogen-bond donors (Lipinski definition) is 0. The lowest BCUT2D eigenvalue weighted by molar-refractivity contribution is 0.669. The molecule has 0 radical (unpaired) electrons. The van der Waals surface area contributed by atoms with Gasteiger partial charge in [0.1, 0.15) is 11.2 Å². The van der Waals surface area contributed by atoms with Crippen molar-refractivity contribution in [2.45, 2.75) is 5.41 Å². The summed E-state index contributed by atoms with van der Waals surface area (Å²) in [4.78, 5) is 15.9. The summed E-state index contributed by atoms with van der Waals surface area (Å²) in [5.74, 6) is 1.67. The molecule has 63 heavy (non-hydrogen) atoms. The van der Waals surface area contributed by atoms with Crippen molar-refractivity contribution in [1.29, 1.82) is 0 Å². The number of para-hydroxylation sites is 3. The molecule has 292 valence electrons. The first kappa shape index (κ1) is 34.3. The minimum Gasteiger partial charge on any atom is -0.455 e. The van der Waals surface area contributed by atoms with E-state index in [-0.39, 0.29) is 0 Å². The molecule has 5 heteroatoms. The van der Waals surface area contributed by atoms with Crippen molar-refractivity contribution in [1.82, 2.24) is 19.5 Å². The number of fused-ring (bicyclic) bond motifs is 17. The highest BCUT2D eigenvalue weighted by Crippen LogP contribution is 2.64. The van der Waals surface area contributed by atoms with Crippen LogP contribution in [0.2, 0.25) is 0 Å². The van der Waals surface area contributed by atoms with Gasteiger partial charge < -0.3 is 4.42 Å². The van der Waals surface area contributed by atoms with Crippen molar-refractivity contribution in [3.63, 3.8) is 0 Å². The van der Waals surface area contributed by atoms with Gasteiger partial charge in [-0.15, -0.1) is 0 Å². The fourth-order valence-electron chi connectivity index (χ4n) is 10.9. The van der Waals surface area contributed by atoms with Crippen molar-refractivity contribution in [2.24, 2.45) is 0 Å². The first-order chi connectivity index (χ1) is 31.3. The smallest absolute Gasteiger partial charge is 0.238 e. The van der Waals surface area contributed by atoms with E-state index in [9.17, 15) is 0 Å². The Labute approximate surface area is 362 Å². The Balaban J connectivity index is 1.02. The van der Waals surface area contributed by atoms with Crippen LogP contribution in [0, 0.1) is 0 Å². The average molecular weight is 803 g/mol. The quantitative estimate of drug-likeness (QED) is 0.178. The lowest BCUT2D eigenvalue weighted by atomic mass is 9.70. The van der Waals surface area contributed by atoms with Crippen molar-refractivity contribution >= 4 is 43.7 Å². The Kier molecular flexibility index (Phi) is 6.97. The van der Waals surface area contributed by atoms with E-state index in [0.717, 1.165) is 71.6 Å². The summed E-state index contributed by atoms with van der Waals surface area (Å²) in [6.45, 7) is 0. The van der Waals surface area contributed by atoms with E-state index in [4.69, 9.17) is 19.4 Å². The van der Waals surface area contributed by atoms with Crippen LogP contribution in [0.25, 0.3) is 106 Å². The number of furan rings is 1. The van der Waals surface area contributed by atoms with Crippen LogP contribution in [-0.4, -0.2) is 19.5 Å². The van der Waals surface area contributed by atoms with Crippen LogP contribution >= 0.6 is 0 Å². The third-order valence-electron chi connectivity index (χ3n) is 13.5. The van der Waals surface area contributed by atoms with Gasteiger partial charge in [-0.2, -0.15) is 9.97 Å². The van der Waals surface area contributed by atoms with E-state index in [2.05, 4.69) is 205 Å². The number of aromatic nitrogens is 4. The summed E-state index contributed by atoms with van der Waals surface area (Å²) >= 11 is 0. The van der Waals surface area contributed by atoms with Crippen molar-refractivity contribution < 1.29 is 4.42 Å². The molecule has 12 aromatic rings. The van der Waals surface area contributed by atoms with Gasteiger partial charge in [-0.1, -0.05) is 188 Å². The molecule has 0 N–H and O–H groups in total. The van der Waals surface area contributed by atoms with E-state index in [1.165, 1.54) is 38.9 Å². The molecule has 14 rings (SSSR count). The molecule has 0 bridgehead atoms. The second-order valence-corrected chi connectivity index (χ2v) is 16.6. The van der Waals surface area contributed by atoms with E-state index in [0.29, 0.717) is 17.6 Å². The van der Waals surface area contributed by atoms with E-state index < -0.39 is 5.41 Å². The highest BCUT2D eigenvalue weighted by molar-refractivity contribution is 6.15. The maximum Gasteiger partial charge on any atom is 0.238 e. The molecule has 5 nitrogen and oxygen atoms in total. The lowest BCUT2D eigenvalue weighted by Gasteiger charge is -2.30. The van der Waals surface area contributed by atoms with Crippen molar-refractivity contribution in [2.75, 3.05) is 0 Å². The molecule has 1 spiro atoms. The summed E-state index contributed by atoms with van der Waals surface area (Å²) in [7, 11) is 0. The molecule has 9 aromatic carbocycles. The zero-order valence-corrected chi connectivity index (χ0v) is 33.8. The summed E-state index contributed by atoms with van der Waals surface area (Å²) in [6.07, 6.45) is 0. The predicted octanol–water partition coefficient (Wildman–Crippen LogP) is 14.2. The molecule has 2 aliphatic rings. The Morgan fingerprint density at radius 2 is 0.841 bits per heavy atom. The minimum absolute atomic E-state index is 0.467. The van der Waals surface area contributed by atoms with Crippen molar-refractivity contribution in [3.05, 3.63) is 229 Å². The molecule has 3 aromatic heterocycles.